The molecule has 1 saturated carbocycles. The van der Waals surface area contributed by atoms with Crippen LogP contribution in [0.25, 0.3) is 0 Å². The number of aryl methyl sites for hydroxylation is 1. The van der Waals surface area contributed by atoms with E-state index in [1.54, 1.807) is 0 Å². The summed E-state index contributed by atoms with van der Waals surface area (Å²) in [5, 5.41) is 17.6. The molecule has 1 fully saturated rings. The molecule has 2 rings (SSSR count). The standard InChI is InChI=1S/C14H21N3O3S/c1-8-7-21-12(15-8)9(2)16-14(20)17-11-6-4-3-5-10(11)13(18)19/h7,9-11H,3-6H2,1-2H3,(H,18,19)(H2,16,17,20). The number of thiazole rings is 1. The number of urea groups is 1. The van der Waals surface area contributed by atoms with Crippen LogP contribution in [-0.2, 0) is 4.79 Å². The Morgan fingerprint density at radius 3 is 2.76 bits per heavy atom. The summed E-state index contributed by atoms with van der Waals surface area (Å²) in [4.78, 5) is 27.6. The second-order valence-corrected chi connectivity index (χ2v) is 6.39. The van der Waals surface area contributed by atoms with E-state index in [0.717, 1.165) is 30.0 Å². The molecule has 0 aromatic carbocycles. The molecule has 0 spiro atoms. The second-order valence-electron chi connectivity index (χ2n) is 5.50. The molecule has 0 aliphatic heterocycles. The Hall–Kier alpha value is -1.63. The molecule has 3 atom stereocenters. The molecule has 0 radical (unpaired) electrons. The Bertz CT molecular complexity index is 517. The minimum absolute atomic E-state index is 0.185. The minimum atomic E-state index is -0.830. The third-order valence-electron chi connectivity index (χ3n) is 3.75. The predicted octanol–water partition coefficient (Wildman–Crippen LogP) is 2.46. The maximum absolute atomic E-state index is 12.0. The lowest BCUT2D eigenvalue weighted by Gasteiger charge is -2.29. The molecule has 1 heterocycles. The summed E-state index contributed by atoms with van der Waals surface area (Å²) in [5.74, 6) is -1.31. The highest BCUT2D eigenvalue weighted by Crippen LogP contribution is 2.25. The summed E-state index contributed by atoms with van der Waals surface area (Å²) >= 11 is 1.50. The van der Waals surface area contributed by atoms with Crippen LogP contribution in [0.1, 0.15) is 49.4 Å². The van der Waals surface area contributed by atoms with Crippen molar-refractivity contribution >= 4 is 23.3 Å². The Morgan fingerprint density at radius 1 is 1.43 bits per heavy atom. The number of aliphatic carboxylic acids is 1. The van der Waals surface area contributed by atoms with Crippen molar-refractivity contribution in [2.45, 2.75) is 51.6 Å². The fourth-order valence-corrected chi connectivity index (χ4v) is 3.44. The first-order valence-electron chi connectivity index (χ1n) is 7.19. The van der Waals surface area contributed by atoms with Crippen molar-refractivity contribution in [3.63, 3.8) is 0 Å². The number of nitrogens with zero attached hydrogens (tertiary/aromatic N) is 1. The lowest BCUT2D eigenvalue weighted by atomic mass is 9.84. The van der Waals surface area contributed by atoms with E-state index in [2.05, 4.69) is 15.6 Å². The second kappa shape index (κ2) is 6.89. The monoisotopic (exact) mass is 311 g/mol. The quantitative estimate of drug-likeness (QED) is 0.796. The van der Waals surface area contributed by atoms with Crippen molar-refractivity contribution < 1.29 is 14.7 Å². The van der Waals surface area contributed by atoms with Gasteiger partial charge in [-0.1, -0.05) is 12.8 Å². The van der Waals surface area contributed by atoms with E-state index >= 15 is 0 Å². The SMILES string of the molecule is Cc1csc(C(C)NC(=O)NC2CCCCC2C(=O)O)n1. The van der Waals surface area contributed by atoms with Crippen LogP contribution in [0.3, 0.4) is 0 Å². The molecular weight excluding hydrogens is 290 g/mol. The predicted molar refractivity (Wildman–Crippen MR) is 80.3 cm³/mol. The summed E-state index contributed by atoms with van der Waals surface area (Å²) < 4.78 is 0. The van der Waals surface area contributed by atoms with Crippen LogP contribution < -0.4 is 10.6 Å². The van der Waals surface area contributed by atoms with Gasteiger partial charge in [-0.25, -0.2) is 9.78 Å². The summed E-state index contributed by atoms with van der Waals surface area (Å²) in [7, 11) is 0. The fraction of sp³-hybridized carbons (Fsp3) is 0.643. The maximum Gasteiger partial charge on any atom is 0.315 e. The van der Waals surface area contributed by atoms with Crippen LogP contribution in [-0.4, -0.2) is 28.1 Å². The van der Waals surface area contributed by atoms with Gasteiger partial charge in [-0.05, 0) is 26.7 Å². The number of nitrogens with one attached hydrogen (secondary N) is 2. The topological polar surface area (TPSA) is 91.3 Å². The summed E-state index contributed by atoms with van der Waals surface area (Å²) in [6.45, 7) is 3.78. The van der Waals surface area contributed by atoms with Crippen molar-refractivity contribution in [2.75, 3.05) is 0 Å². The van der Waals surface area contributed by atoms with Crippen molar-refractivity contribution in [2.24, 2.45) is 5.92 Å². The van der Waals surface area contributed by atoms with Gasteiger partial charge in [0.2, 0.25) is 0 Å². The number of rotatable bonds is 4. The number of amides is 2. The first kappa shape index (κ1) is 15.8. The zero-order valence-electron chi connectivity index (χ0n) is 12.3. The highest BCUT2D eigenvalue weighted by molar-refractivity contribution is 7.09. The average Bonchev–Trinajstić information content (AvgIpc) is 2.85. The molecule has 1 aliphatic rings. The summed E-state index contributed by atoms with van der Waals surface area (Å²) in [5.41, 5.74) is 0.933. The van der Waals surface area contributed by atoms with Gasteiger partial charge in [0.05, 0.1) is 12.0 Å². The number of hydrogen-bond donors (Lipinski definition) is 3. The number of carboxylic acids is 1. The van der Waals surface area contributed by atoms with Crippen LogP contribution in [0.2, 0.25) is 0 Å². The Balaban J connectivity index is 1.89. The lowest BCUT2D eigenvalue weighted by molar-refractivity contribution is -0.143. The molecule has 6 nitrogen and oxygen atoms in total. The van der Waals surface area contributed by atoms with Crippen LogP contribution in [0.15, 0.2) is 5.38 Å². The van der Waals surface area contributed by atoms with Gasteiger partial charge in [0.15, 0.2) is 0 Å². The van der Waals surface area contributed by atoms with E-state index < -0.39 is 11.9 Å². The van der Waals surface area contributed by atoms with Crippen LogP contribution in [0.4, 0.5) is 4.79 Å². The van der Waals surface area contributed by atoms with Crippen LogP contribution in [0.5, 0.6) is 0 Å². The molecule has 3 N–H and O–H groups in total. The van der Waals surface area contributed by atoms with Gasteiger partial charge in [-0.15, -0.1) is 11.3 Å². The fourth-order valence-electron chi connectivity index (χ4n) is 2.64. The van der Waals surface area contributed by atoms with Crippen molar-refractivity contribution in [1.82, 2.24) is 15.6 Å². The van der Waals surface area contributed by atoms with E-state index in [9.17, 15) is 14.7 Å². The molecule has 1 aromatic heterocycles. The van der Waals surface area contributed by atoms with Gasteiger partial charge in [0.1, 0.15) is 5.01 Å². The number of carboxylic acid groups (broad SMARTS) is 1. The molecule has 7 heteroatoms. The first-order chi connectivity index (χ1) is 9.97. The van der Waals surface area contributed by atoms with Crippen molar-refractivity contribution in [3.05, 3.63) is 16.1 Å². The van der Waals surface area contributed by atoms with Gasteiger partial charge >= 0.3 is 12.0 Å². The number of carbonyl (C=O) groups excluding carboxylic acids is 1. The first-order valence-corrected chi connectivity index (χ1v) is 8.07. The molecule has 2 amide bonds. The average molecular weight is 311 g/mol. The number of hydrogen-bond acceptors (Lipinski definition) is 4. The molecular formula is C14H21N3O3S. The highest BCUT2D eigenvalue weighted by Gasteiger charge is 2.32. The lowest BCUT2D eigenvalue weighted by Crippen LogP contribution is -2.49. The Morgan fingerprint density at radius 2 is 2.14 bits per heavy atom. The third kappa shape index (κ3) is 4.17. The molecule has 1 aliphatic carbocycles. The van der Waals surface area contributed by atoms with Gasteiger partial charge in [-0.2, -0.15) is 0 Å². The zero-order chi connectivity index (χ0) is 15.4. The van der Waals surface area contributed by atoms with Crippen LogP contribution >= 0.6 is 11.3 Å². The van der Waals surface area contributed by atoms with E-state index in [1.165, 1.54) is 11.3 Å². The van der Waals surface area contributed by atoms with Crippen LogP contribution in [0, 0.1) is 12.8 Å². The molecule has 0 bridgehead atoms. The van der Waals surface area contributed by atoms with Gasteiger partial charge < -0.3 is 15.7 Å². The van der Waals surface area contributed by atoms with Gasteiger partial charge in [0.25, 0.3) is 0 Å². The molecule has 3 unspecified atom stereocenters. The number of aromatic nitrogens is 1. The molecule has 1 aromatic rings. The van der Waals surface area contributed by atoms with Crippen molar-refractivity contribution in [1.29, 1.82) is 0 Å². The Kier molecular flexibility index (Phi) is 5.17. The smallest absolute Gasteiger partial charge is 0.315 e. The molecule has 0 saturated heterocycles. The highest BCUT2D eigenvalue weighted by atomic mass is 32.1. The zero-order valence-corrected chi connectivity index (χ0v) is 13.1. The largest absolute Gasteiger partial charge is 0.481 e. The van der Waals surface area contributed by atoms with Crippen molar-refractivity contribution in [3.8, 4) is 0 Å². The molecule has 116 valence electrons. The maximum atomic E-state index is 12.0. The molecule has 21 heavy (non-hydrogen) atoms. The van der Waals surface area contributed by atoms with E-state index in [-0.39, 0.29) is 18.1 Å². The van der Waals surface area contributed by atoms with E-state index in [0.29, 0.717) is 6.42 Å². The van der Waals surface area contributed by atoms with Gasteiger partial charge in [-0.3, -0.25) is 4.79 Å². The summed E-state index contributed by atoms with van der Waals surface area (Å²) in [6, 6.07) is -0.800. The Labute approximate surface area is 128 Å². The van der Waals surface area contributed by atoms with Gasteiger partial charge in [0, 0.05) is 17.1 Å². The van der Waals surface area contributed by atoms with E-state index in [4.69, 9.17) is 0 Å². The third-order valence-corrected chi connectivity index (χ3v) is 4.90. The summed E-state index contributed by atoms with van der Waals surface area (Å²) in [6.07, 6.45) is 3.21. The normalized spacial score (nSPS) is 23.3. The van der Waals surface area contributed by atoms with E-state index in [1.807, 2.05) is 19.2 Å². The number of carbonyl (C=O) groups is 2. The minimum Gasteiger partial charge on any atom is -0.481 e.